The summed E-state index contributed by atoms with van der Waals surface area (Å²) in [5.74, 6) is -4.91. The summed E-state index contributed by atoms with van der Waals surface area (Å²) in [6.07, 6.45) is 2.26. The Bertz CT molecular complexity index is 755. The number of hydrogen-bond donors (Lipinski definition) is 1. The highest BCUT2D eigenvalue weighted by Crippen LogP contribution is 2.42. The molecule has 0 amide bonds. The monoisotopic (exact) mass is 402 g/mol. The Balaban J connectivity index is 2.50. The van der Waals surface area contributed by atoms with Crippen molar-refractivity contribution in [3.05, 3.63) is 42.0 Å². The third-order valence-corrected chi connectivity index (χ3v) is 4.84. The predicted octanol–water partition coefficient (Wildman–Crippen LogP) is 3.18. The van der Waals surface area contributed by atoms with E-state index >= 15 is 0 Å². The minimum Gasteiger partial charge on any atom is -0.463 e. The van der Waals surface area contributed by atoms with Crippen molar-refractivity contribution in [2.24, 2.45) is 17.8 Å². The van der Waals surface area contributed by atoms with Crippen LogP contribution in [-0.4, -0.2) is 40.6 Å². The zero-order valence-electron chi connectivity index (χ0n) is 17.6. The quantitative estimate of drug-likeness (QED) is 0.581. The third kappa shape index (κ3) is 5.76. The van der Waals surface area contributed by atoms with Crippen LogP contribution < -0.4 is 0 Å². The molecule has 0 heterocycles. The summed E-state index contributed by atoms with van der Waals surface area (Å²) in [5.41, 5.74) is -0.791. The van der Waals surface area contributed by atoms with Gasteiger partial charge in [-0.25, -0.2) is 0 Å². The van der Waals surface area contributed by atoms with Gasteiger partial charge in [-0.2, -0.15) is 0 Å². The lowest BCUT2D eigenvalue weighted by Crippen LogP contribution is -2.56. The van der Waals surface area contributed by atoms with Crippen LogP contribution in [0.5, 0.6) is 0 Å². The van der Waals surface area contributed by atoms with Crippen LogP contribution in [0, 0.1) is 17.8 Å². The molecule has 1 aromatic carbocycles. The molecule has 0 bridgehead atoms. The van der Waals surface area contributed by atoms with Crippen molar-refractivity contribution in [1.29, 1.82) is 0 Å². The van der Waals surface area contributed by atoms with E-state index < -0.39 is 53.3 Å². The van der Waals surface area contributed by atoms with Gasteiger partial charge in [0.15, 0.2) is 5.78 Å². The van der Waals surface area contributed by atoms with Crippen molar-refractivity contribution in [2.75, 3.05) is 0 Å². The van der Waals surface area contributed by atoms with Crippen molar-refractivity contribution in [1.82, 2.24) is 0 Å². The Labute approximate surface area is 171 Å². The van der Waals surface area contributed by atoms with Crippen molar-refractivity contribution >= 4 is 23.8 Å². The molecule has 0 spiro atoms. The highest BCUT2D eigenvalue weighted by atomic mass is 16.5. The van der Waals surface area contributed by atoms with E-state index in [2.05, 4.69) is 0 Å². The average Bonchev–Trinajstić information content (AvgIpc) is 2.58. The summed E-state index contributed by atoms with van der Waals surface area (Å²) >= 11 is 0. The normalized spacial score (nSPS) is 27.4. The number of carbonyl (C=O) groups excluding carboxylic acids is 3. The van der Waals surface area contributed by atoms with Gasteiger partial charge >= 0.3 is 11.9 Å². The molecule has 1 aliphatic carbocycles. The first-order valence-electron chi connectivity index (χ1n) is 9.92. The smallest absolute Gasteiger partial charge is 0.317 e. The Kier molecular flexibility index (Phi) is 7.36. The lowest BCUT2D eigenvalue weighted by molar-refractivity contribution is -0.178. The van der Waals surface area contributed by atoms with Gasteiger partial charge in [-0.3, -0.25) is 14.4 Å². The van der Waals surface area contributed by atoms with E-state index in [1.165, 1.54) is 6.92 Å². The fourth-order valence-electron chi connectivity index (χ4n) is 3.71. The number of ether oxygens (including phenoxy) is 2. The predicted molar refractivity (Wildman–Crippen MR) is 109 cm³/mol. The van der Waals surface area contributed by atoms with Gasteiger partial charge in [0.05, 0.1) is 23.7 Å². The van der Waals surface area contributed by atoms with Crippen molar-refractivity contribution in [3.8, 4) is 0 Å². The summed E-state index contributed by atoms with van der Waals surface area (Å²) in [5, 5.41) is 10.9. The molecule has 158 valence electrons. The zero-order valence-corrected chi connectivity index (χ0v) is 17.6. The maximum atomic E-state index is 12.9. The molecule has 1 aromatic rings. The minimum absolute atomic E-state index is 0.321. The van der Waals surface area contributed by atoms with Crippen molar-refractivity contribution < 1.29 is 29.0 Å². The van der Waals surface area contributed by atoms with Gasteiger partial charge in [-0.1, -0.05) is 42.5 Å². The second-order valence-electron chi connectivity index (χ2n) is 8.27. The zero-order chi connectivity index (χ0) is 21.8. The molecule has 0 radical (unpaired) electrons. The van der Waals surface area contributed by atoms with E-state index in [-0.39, 0.29) is 6.42 Å². The maximum absolute atomic E-state index is 12.9. The Morgan fingerprint density at radius 3 is 2.17 bits per heavy atom. The number of allylic oxidation sites excluding steroid dienone is 1. The molecule has 1 saturated carbocycles. The first-order chi connectivity index (χ1) is 13.5. The Morgan fingerprint density at radius 2 is 1.62 bits per heavy atom. The number of carbonyl (C=O) groups is 3. The lowest BCUT2D eigenvalue weighted by Gasteiger charge is -2.42. The van der Waals surface area contributed by atoms with E-state index in [0.717, 1.165) is 5.56 Å². The third-order valence-electron chi connectivity index (χ3n) is 4.84. The van der Waals surface area contributed by atoms with Gasteiger partial charge in [0.1, 0.15) is 5.92 Å². The minimum atomic E-state index is -1.64. The first-order valence-corrected chi connectivity index (χ1v) is 9.92. The summed E-state index contributed by atoms with van der Waals surface area (Å²) in [4.78, 5) is 38.4. The molecular weight excluding hydrogens is 372 g/mol. The Morgan fingerprint density at radius 1 is 1.07 bits per heavy atom. The van der Waals surface area contributed by atoms with Crippen LogP contribution in [0.1, 0.15) is 46.6 Å². The van der Waals surface area contributed by atoms with Crippen LogP contribution in [0.15, 0.2) is 36.4 Å². The van der Waals surface area contributed by atoms with E-state index in [0.29, 0.717) is 0 Å². The average molecular weight is 402 g/mol. The number of benzene rings is 1. The van der Waals surface area contributed by atoms with Crippen LogP contribution in [0.25, 0.3) is 6.08 Å². The highest BCUT2D eigenvalue weighted by molar-refractivity contribution is 6.02. The summed E-state index contributed by atoms with van der Waals surface area (Å²) in [6, 6.07) is 9.32. The molecule has 1 N–H and O–H groups in total. The number of aliphatic hydroxyl groups is 1. The van der Waals surface area contributed by atoms with Crippen LogP contribution in [-0.2, 0) is 23.9 Å². The van der Waals surface area contributed by atoms with Crippen molar-refractivity contribution in [3.63, 3.8) is 0 Å². The molecule has 6 heteroatoms. The van der Waals surface area contributed by atoms with E-state index in [1.807, 2.05) is 30.3 Å². The molecule has 1 fully saturated rings. The van der Waals surface area contributed by atoms with Gasteiger partial charge < -0.3 is 14.6 Å². The summed E-state index contributed by atoms with van der Waals surface area (Å²) in [7, 11) is 0. The fraction of sp³-hybridized carbons (Fsp3) is 0.522. The van der Waals surface area contributed by atoms with Gasteiger partial charge in [0, 0.05) is 12.3 Å². The SMILES string of the molecule is CC(C)OC(=O)[C@H]1C(=O)C[C@@](C)(O)[C@H](C(=O)OC(C)C)[C@@H]1/C=C/c1ccccc1. The standard InChI is InChI=1S/C23H30O6/c1-14(2)28-21(25)19-17(12-11-16-9-7-6-8-10-16)20(22(26)29-15(3)4)23(5,27)13-18(19)24/h6-12,14-15,17,19-20,27H,13H2,1-5H3/b12-11+/t17-,19-,20+,23-/m1/s1. The number of rotatable bonds is 6. The Hall–Kier alpha value is -2.47. The number of Topliss-reactive ketones (excluding diaryl/α,β-unsaturated/α-hetero) is 1. The van der Waals surface area contributed by atoms with E-state index in [1.54, 1.807) is 39.8 Å². The van der Waals surface area contributed by atoms with Crippen LogP contribution in [0.3, 0.4) is 0 Å². The molecule has 1 aliphatic rings. The largest absolute Gasteiger partial charge is 0.463 e. The molecule has 0 saturated heterocycles. The van der Waals surface area contributed by atoms with Gasteiger partial charge in [-0.05, 0) is 40.2 Å². The lowest BCUT2D eigenvalue weighted by atomic mass is 9.63. The van der Waals surface area contributed by atoms with Crippen LogP contribution in [0.4, 0.5) is 0 Å². The number of hydrogen-bond acceptors (Lipinski definition) is 6. The summed E-state index contributed by atoms with van der Waals surface area (Å²) < 4.78 is 10.6. The topological polar surface area (TPSA) is 89.9 Å². The second kappa shape index (κ2) is 9.35. The molecule has 4 atom stereocenters. The van der Waals surface area contributed by atoms with Crippen molar-refractivity contribution in [2.45, 2.75) is 58.8 Å². The van der Waals surface area contributed by atoms with Gasteiger partial charge in [-0.15, -0.1) is 0 Å². The van der Waals surface area contributed by atoms with Crippen LogP contribution in [0.2, 0.25) is 0 Å². The summed E-state index contributed by atoms with van der Waals surface area (Å²) in [6.45, 7) is 8.24. The number of ketones is 1. The van der Waals surface area contributed by atoms with E-state index in [9.17, 15) is 19.5 Å². The highest BCUT2D eigenvalue weighted by Gasteiger charge is 2.56. The first kappa shape index (κ1) is 22.8. The number of esters is 2. The van der Waals surface area contributed by atoms with Gasteiger partial charge in [0.2, 0.25) is 0 Å². The molecule has 0 aliphatic heterocycles. The van der Waals surface area contributed by atoms with Crippen LogP contribution >= 0.6 is 0 Å². The molecular formula is C23H30O6. The maximum Gasteiger partial charge on any atom is 0.317 e. The fourth-order valence-corrected chi connectivity index (χ4v) is 3.71. The van der Waals surface area contributed by atoms with E-state index in [4.69, 9.17) is 9.47 Å². The molecule has 0 unspecified atom stereocenters. The second-order valence-corrected chi connectivity index (χ2v) is 8.27. The molecule has 2 rings (SSSR count). The molecule has 0 aromatic heterocycles. The van der Waals surface area contributed by atoms with Gasteiger partial charge in [0.25, 0.3) is 0 Å². The molecule has 6 nitrogen and oxygen atoms in total. The molecule has 29 heavy (non-hydrogen) atoms.